The van der Waals surface area contributed by atoms with Gasteiger partial charge in [0, 0.05) is 0 Å². The molecule has 0 unspecified atom stereocenters. The molecule has 0 fully saturated rings. The first-order valence-electron chi connectivity index (χ1n) is 6.46. The van der Waals surface area contributed by atoms with E-state index < -0.39 is 20.2 Å². The fraction of sp³-hybridized carbons (Fsp3) is 0. The van der Waals surface area contributed by atoms with Gasteiger partial charge in [-0.3, -0.25) is 4.55 Å². The summed E-state index contributed by atoms with van der Waals surface area (Å²) in [5.74, 6) is 0. The second kappa shape index (κ2) is 10.0. The van der Waals surface area contributed by atoms with E-state index in [1.807, 2.05) is 0 Å². The molecular weight excluding hydrogens is 375 g/mol. The molecule has 0 saturated carbocycles. The summed E-state index contributed by atoms with van der Waals surface area (Å²) in [5, 5.41) is 0. The molecule has 0 aliphatic rings. The molecule has 0 radical (unpaired) electrons. The maximum Gasteiger partial charge on any atom is 1.00 e. The van der Waals surface area contributed by atoms with Crippen LogP contribution < -0.4 is 29.6 Å². The van der Waals surface area contributed by atoms with Crippen molar-refractivity contribution in [2.45, 2.75) is 9.79 Å². The van der Waals surface area contributed by atoms with Crippen LogP contribution in [0.5, 0.6) is 0 Å². The Kier molecular flexibility index (Phi) is 9.52. The first-order chi connectivity index (χ1) is 11.1. The van der Waals surface area contributed by atoms with E-state index >= 15 is 0 Å². The minimum Gasteiger partial charge on any atom is -0.744 e. The Morgan fingerprint density at radius 2 is 1.08 bits per heavy atom. The number of benzene rings is 2. The van der Waals surface area contributed by atoms with Crippen LogP contribution in [0.1, 0.15) is 11.1 Å². The summed E-state index contributed by atoms with van der Waals surface area (Å²) in [4.78, 5) is -0.318. The molecule has 128 valence electrons. The zero-order valence-electron chi connectivity index (χ0n) is 13.5. The third kappa shape index (κ3) is 8.10. The molecular formula is C16H15NaO6S2. The van der Waals surface area contributed by atoms with Crippen LogP contribution in [0.4, 0.5) is 0 Å². The van der Waals surface area contributed by atoms with E-state index in [9.17, 15) is 21.4 Å². The molecule has 2 aromatic carbocycles. The second-order valence-electron chi connectivity index (χ2n) is 4.48. The zero-order valence-corrected chi connectivity index (χ0v) is 17.1. The van der Waals surface area contributed by atoms with Crippen LogP contribution in [-0.4, -0.2) is 25.9 Å². The number of rotatable bonds is 4. The van der Waals surface area contributed by atoms with Crippen molar-refractivity contribution in [2.24, 2.45) is 0 Å². The van der Waals surface area contributed by atoms with Crippen molar-refractivity contribution in [3.05, 3.63) is 72.8 Å². The molecule has 25 heavy (non-hydrogen) atoms. The second-order valence-corrected chi connectivity index (χ2v) is 7.28. The molecule has 0 aliphatic heterocycles. The van der Waals surface area contributed by atoms with Gasteiger partial charge in [0.1, 0.15) is 10.1 Å². The normalized spacial score (nSPS) is 10.6. The van der Waals surface area contributed by atoms with Crippen molar-refractivity contribution in [1.29, 1.82) is 0 Å². The van der Waals surface area contributed by atoms with Gasteiger partial charge in [-0.15, -0.1) is 0 Å². The van der Waals surface area contributed by atoms with E-state index in [1.165, 1.54) is 36.4 Å². The first kappa shape index (κ1) is 23.7. The summed E-state index contributed by atoms with van der Waals surface area (Å²) in [5.41, 5.74) is 1.59. The predicted molar refractivity (Wildman–Crippen MR) is 90.8 cm³/mol. The molecule has 0 aliphatic carbocycles. The van der Waals surface area contributed by atoms with Gasteiger partial charge in [0.05, 0.1) is 9.79 Å². The third-order valence-electron chi connectivity index (χ3n) is 2.82. The molecule has 2 aromatic rings. The third-order valence-corrected chi connectivity index (χ3v) is 4.54. The summed E-state index contributed by atoms with van der Waals surface area (Å²) >= 11 is 0. The standard InChI is InChI=1S/2C8H8O3S.Na/c2*1-2-7-3-5-8(6-4-7)12(9,10)11;/h2*2-6H,1H2,(H,9,10,11);/q;;+1/p-1. The Balaban J connectivity index is 0.000000443. The van der Waals surface area contributed by atoms with Crippen LogP contribution in [0, 0.1) is 0 Å². The molecule has 0 saturated heterocycles. The summed E-state index contributed by atoms with van der Waals surface area (Å²) < 4.78 is 61.1. The van der Waals surface area contributed by atoms with E-state index in [1.54, 1.807) is 24.3 Å². The summed E-state index contributed by atoms with van der Waals surface area (Å²) in [6, 6.07) is 11.4. The molecule has 0 amide bonds. The van der Waals surface area contributed by atoms with E-state index in [-0.39, 0.29) is 39.3 Å². The van der Waals surface area contributed by atoms with Gasteiger partial charge in [-0.05, 0) is 35.4 Å². The van der Waals surface area contributed by atoms with Gasteiger partial charge in [0.15, 0.2) is 0 Å². The quantitative estimate of drug-likeness (QED) is 0.572. The van der Waals surface area contributed by atoms with Gasteiger partial charge in [0.2, 0.25) is 0 Å². The van der Waals surface area contributed by atoms with Crippen molar-refractivity contribution in [1.82, 2.24) is 0 Å². The number of hydrogen-bond donors (Lipinski definition) is 1. The largest absolute Gasteiger partial charge is 1.00 e. The SMILES string of the molecule is C=Cc1ccc(S(=O)(=O)O)cc1.C=Cc1ccc(S(=O)(=O)[O-])cc1.[Na+]. The monoisotopic (exact) mass is 390 g/mol. The van der Waals surface area contributed by atoms with Gasteiger partial charge < -0.3 is 4.55 Å². The van der Waals surface area contributed by atoms with Crippen LogP contribution in [0.2, 0.25) is 0 Å². The maximum absolute atomic E-state index is 10.6. The Hall–Kier alpha value is -1.26. The summed E-state index contributed by atoms with van der Waals surface area (Å²) in [6.45, 7) is 7.01. The van der Waals surface area contributed by atoms with Gasteiger partial charge in [-0.25, -0.2) is 8.42 Å². The van der Waals surface area contributed by atoms with Gasteiger partial charge >= 0.3 is 29.6 Å². The summed E-state index contributed by atoms with van der Waals surface area (Å²) in [6.07, 6.45) is 3.16. The van der Waals surface area contributed by atoms with Crippen molar-refractivity contribution < 1.29 is 55.5 Å². The summed E-state index contributed by atoms with van der Waals surface area (Å²) in [7, 11) is -8.37. The first-order valence-corrected chi connectivity index (χ1v) is 9.31. The van der Waals surface area contributed by atoms with Crippen molar-refractivity contribution in [2.75, 3.05) is 0 Å². The Labute approximate surface area is 169 Å². The van der Waals surface area contributed by atoms with E-state index in [0.717, 1.165) is 11.1 Å². The average molecular weight is 390 g/mol. The molecule has 2 rings (SSSR count). The molecule has 0 aromatic heterocycles. The van der Waals surface area contributed by atoms with E-state index in [0.29, 0.717) is 0 Å². The molecule has 9 heteroatoms. The smallest absolute Gasteiger partial charge is 0.744 e. The molecule has 0 bridgehead atoms. The van der Waals surface area contributed by atoms with Crippen LogP contribution in [0.15, 0.2) is 71.5 Å². The molecule has 0 spiro atoms. The van der Waals surface area contributed by atoms with E-state index in [4.69, 9.17) is 4.55 Å². The van der Waals surface area contributed by atoms with Crippen LogP contribution in [-0.2, 0) is 20.2 Å². The fourth-order valence-electron chi connectivity index (χ4n) is 1.55. The van der Waals surface area contributed by atoms with Crippen molar-refractivity contribution in [3.63, 3.8) is 0 Å². The minimum atomic E-state index is -4.31. The van der Waals surface area contributed by atoms with Crippen molar-refractivity contribution in [3.8, 4) is 0 Å². The predicted octanol–water partition coefficient (Wildman–Crippen LogP) is -0.186. The fourth-order valence-corrected chi connectivity index (χ4v) is 2.50. The van der Waals surface area contributed by atoms with Crippen LogP contribution in [0.25, 0.3) is 12.2 Å². The molecule has 0 atom stereocenters. The number of hydrogen-bond acceptors (Lipinski definition) is 5. The topological polar surface area (TPSA) is 112 Å². The van der Waals surface area contributed by atoms with Gasteiger partial charge in [-0.2, -0.15) is 8.42 Å². The Morgan fingerprint density at radius 1 is 0.760 bits per heavy atom. The minimum absolute atomic E-state index is 0. The van der Waals surface area contributed by atoms with E-state index in [2.05, 4.69) is 13.2 Å². The zero-order chi connectivity index (χ0) is 18.4. The van der Waals surface area contributed by atoms with Crippen LogP contribution in [0.3, 0.4) is 0 Å². The maximum atomic E-state index is 10.6. The molecule has 0 heterocycles. The molecule has 6 nitrogen and oxygen atoms in total. The van der Waals surface area contributed by atoms with Gasteiger partial charge in [-0.1, -0.05) is 49.6 Å². The van der Waals surface area contributed by atoms with Crippen molar-refractivity contribution >= 4 is 32.4 Å². The molecule has 1 N–H and O–H groups in total. The Morgan fingerprint density at radius 3 is 1.32 bits per heavy atom. The Bertz CT molecular complexity index is 836. The van der Waals surface area contributed by atoms with Crippen LogP contribution >= 0.6 is 0 Å². The average Bonchev–Trinajstić information content (AvgIpc) is 2.54. The van der Waals surface area contributed by atoms with Gasteiger partial charge in [0.25, 0.3) is 10.1 Å².